The zero-order chi connectivity index (χ0) is 13.3. The summed E-state index contributed by atoms with van der Waals surface area (Å²) < 4.78 is 0. The van der Waals surface area contributed by atoms with Crippen LogP contribution in [-0.2, 0) is 0 Å². The lowest BCUT2D eigenvalue weighted by Gasteiger charge is -2.35. The van der Waals surface area contributed by atoms with Crippen molar-refractivity contribution in [1.82, 2.24) is 9.97 Å². The number of hydrogen-bond donors (Lipinski definition) is 0. The first-order valence-electron chi connectivity index (χ1n) is 6.72. The van der Waals surface area contributed by atoms with E-state index in [1.165, 1.54) is 25.7 Å². The molecule has 0 saturated heterocycles. The molecule has 0 bridgehead atoms. The van der Waals surface area contributed by atoms with E-state index in [1.54, 1.807) is 0 Å². The molecule has 1 fully saturated rings. The quantitative estimate of drug-likeness (QED) is 0.817. The molecule has 1 aromatic rings. The number of aromatic nitrogens is 2. The van der Waals surface area contributed by atoms with Crippen molar-refractivity contribution in [2.45, 2.75) is 52.5 Å². The van der Waals surface area contributed by atoms with Gasteiger partial charge in [0, 0.05) is 13.1 Å². The van der Waals surface area contributed by atoms with E-state index in [2.05, 4.69) is 28.8 Å². The molecule has 18 heavy (non-hydrogen) atoms. The van der Waals surface area contributed by atoms with Crippen molar-refractivity contribution < 1.29 is 0 Å². The molecule has 0 spiro atoms. The Balaban J connectivity index is 2.22. The molecule has 0 radical (unpaired) electrons. The second-order valence-electron chi connectivity index (χ2n) is 5.55. The Morgan fingerprint density at radius 1 is 1.17 bits per heavy atom. The molecule has 1 aliphatic rings. The van der Waals surface area contributed by atoms with Crippen LogP contribution in [0, 0.1) is 19.8 Å². The zero-order valence-electron chi connectivity index (χ0n) is 11.7. The summed E-state index contributed by atoms with van der Waals surface area (Å²) in [6.07, 6.45) is 5.09. The second kappa shape index (κ2) is 5.43. The van der Waals surface area contributed by atoms with E-state index in [-0.39, 0.29) is 0 Å². The summed E-state index contributed by atoms with van der Waals surface area (Å²) in [5, 5.41) is 0.527. The van der Waals surface area contributed by atoms with Gasteiger partial charge in [0.1, 0.15) is 0 Å². The van der Waals surface area contributed by atoms with Crippen LogP contribution in [0.1, 0.15) is 44.0 Å². The van der Waals surface area contributed by atoms with Gasteiger partial charge in [-0.25, -0.2) is 9.97 Å². The maximum absolute atomic E-state index is 6.24. The van der Waals surface area contributed by atoms with Crippen molar-refractivity contribution in [1.29, 1.82) is 0 Å². The third kappa shape index (κ3) is 2.77. The van der Waals surface area contributed by atoms with Crippen molar-refractivity contribution >= 4 is 17.4 Å². The molecule has 2 rings (SSSR count). The first kappa shape index (κ1) is 13.6. The number of halogens is 1. The number of rotatable bonds is 2. The molecular weight excluding hydrogens is 246 g/mol. The molecule has 3 nitrogen and oxygen atoms in total. The standard InChI is InChI=1S/C14H22ClN3/c1-9-6-5-7-12(8-9)18(4)14-13(15)16-10(2)11(3)17-14/h9,12H,5-8H2,1-4H3. The minimum atomic E-state index is 0.527. The van der Waals surface area contributed by atoms with Crippen molar-refractivity contribution in [3.8, 4) is 0 Å². The van der Waals surface area contributed by atoms with Gasteiger partial charge in [0.2, 0.25) is 0 Å². The van der Waals surface area contributed by atoms with Crippen LogP contribution >= 0.6 is 11.6 Å². The van der Waals surface area contributed by atoms with Crippen molar-refractivity contribution in [2.24, 2.45) is 5.92 Å². The van der Waals surface area contributed by atoms with Gasteiger partial charge in [-0.2, -0.15) is 0 Å². The van der Waals surface area contributed by atoms with Crippen LogP contribution in [0.25, 0.3) is 0 Å². The molecule has 1 heterocycles. The van der Waals surface area contributed by atoms with E-state index in [0.29, 0.717) is 11.2 Å². The molecule has 100 valence electrons. The fourth-order valence-electron chi connectivity index (χ4n) is 2.72. The van der Waals surface area contributed by atoms with Crippen LogP contribution in [0.5, 0.6) is 0 Å². The fraction of sp³-hybridized carbons (Fsp3) is 0.714. The molecule has 1 aliphatic carbocycles. The summed E-state index contributed by atoms with van der Waals surface area (Å²) in [4.78, 5) is 11.2. The van der Waals surface area contributed by atoms with Crippen LogP contribution < -0.4 is 4.90 Å². The Kier molecular flexibility index (Phi) is 4.10. The summed E-state index contributed by atoms with van der Waals surface area (Å²) in [6, 6.07) is 0.544. The highest BCUT2D eigenvalue weighted by atomic mass is 35.5. The van der Waals surface area contributed by atoms with Gasteiger partial charge >= 0.3 is 0 Å². The largest absolute Gasteiger partial charge is 0.354 e. The van der Waals surface area contributed by atoms with Gasteiger partial charge < -0.3 is 4.90 Å². The first-order valence-corrected chi connectivity index (χ1v) is 7.10. The van der Waals surface area contributed by atoms with Crippen LogP contribution in [0.4, 0.5) is 5.82 Å². The lowest BCUT2D eigenvalue weighted by atomic mass is 9.86. The summed E-state index contributed by atoms with van der Waals surface area (Å²) in [6.45, 7) is 6.26. The molecule has 0 amide bonds. The maximum atomic E-state index is 6.24. The van der Waals surface area contributed by atoms with Gasteiger partial charge in [0.05, 0.1) is 11.4 Å². The van der Waals surface area contributed by atoms with Crippen molar-refractivity contribution in [2.75, 3.05) is 11.9 Å². The van der Waals surface area contributed by atoms with E-state index in [4.69, 9.17) is 11.6 Å². The maximum Gasteiger partial charge on any atom is 0.171 e. The van der Waals surface area contributed by atoms with Gasteiger partial charge in [-0.1, -0.05) is 31.4 Å². The van der Waals surface area contributed by atoms with Crippen LogP contribution in [-0.4, -0.2) is 23.1 Å². The minimum absolute atomic E-state index is 0.527. The molecule has 2 unspecified atom stereocenters. The van der Waals surface area contributed by atoms with Gasteiger partial charge in [0.25, 0.3) is 0 Å². The van der Waals surface area contributed by atoms with Crippen molar-refractivity contribution in [3.05, 3.63) is 16.5 Å². The molecule has 4 heteroatoms. The predicted molar refractivity (Wildman–Crippen MR) is 76.3 cm³/mol. The lowest BCUT2D eigenvalue weighted by Crippen LogP contribution is -2.36. The van der Waals surface area contributed by atoms with E-state index >= 15 is 0 Å². The van der Waals surface area contributed by atoms with Crippen molar-refractivity contribution in [3.63, 3.8) is 0 Å². The predicted octanol–water partition coefficient (Wildman–Crippen LogP) is 3.76. The minimum Gasteiger partial charge on any atom is -0.354 e. The molecular formula is C14H22ClN3. The van der Waals surface area contributed by atoms with E-state index in [1.807, 2.05) is 13.8 Å². The van der Waals surface area contributed by atoms with E-state index in [9.17, 15) is 0 Å². The average molecular weight is 268 g/mol. The summed E-state index contributed by atoms with van der Waals surface area (Å²) in [5.74, 6) is 1.63. The summed E-state index contributed by atoms with van der Waals surface area (Å²) >= 11 is 6.24. The fourth-order valence-corrected chi connectivity index (χ4v) is 3.02. The number of aryl methyl sites for hydroxylation is 2. The number of anilines is 1. The third-order valence-electron chi connectivity index (χ3n) is 4.04. The molecule has 0 aromatic carbocycles. The second-order valence-corrected chi connectivity index (χ2v) is 5.90. The highest BCUT2D eigenvalue weighted by Gasteiger charge is 2.25. The molecule has 1 saturated carbocycles. The van der Waals surface area contributed by atoms with Gasteiger partial charge in [0.15, 0.2) is 11.0 Å². The molecule has 0 aliphatic heterocycles. The van der Waals surface area contributed by atoms with E-state index < -0.39 is 0 Å². The molecule has 1 aromatic heterocycles. The average Bonchev–Trinajstić information content (AvgIpc) is 2.33. The number of nitrogens with zero attached hydrogens (tertiary/aromatic N) is 3. The Hall–Kier alpha value is -0.830. The van der Waals surface area contributed by atoms with Crippen LogP contribution in [0.15, 0.2) is 0 Å². The molecule has 0 N–H and O–H groups in total. The Morgan fingerprint density at radius 2 is 1.83 bits per heavy atom. The van der Waals surface area contributed by atoms with E-state index in [0.717, 1.165) is 23.1 Å². The highest BCUT2D eigenvalue weighted by molar-refractivity contribution is 6.31. The highest BCUT2D eigenvalue weighted by Crippen LogP contribution is 2.31. The van der Waals surface area contributed by atoms with Gasteiger partial charge in [-0.3, -0.25) is 0 Å². The lowest BCUT2D eigenvalue weighted by molar-refractivity contribution is 0.335. The SMILES string of the molecule is Cc1nc(Cl)c(N(C)C2CCCC(C)C2)nc1C. The van der Waals surface area contributed by atoms with Gasteiger partial charge in [-0.05, 0) is 32.6 Å². The normalized spacial score (nSPS) is 24.1. The Labute approximate surface area is 115 Å². The Bertz CT molecular complexity index is 433. The molecule has 2 atom stereocenters. The number of hydrogen-bond acceptors (Lipinski definition) is 3. The topological polar surface area (TPSA) is 29.0 Å². The monoisotopic (exact) mass is 267 g/mol. The van der Waals surface area contributed by atoms with Gasteiger partial charge in [-0.15, -0.1) is 0 Å². The first-order chi connectivity index (χ1) is 8.49. The van der Waals surface area contributed by atoms with Crippen LogP contribution in [0.3, 0.4) is 0 Å². The summed E-state index contributed by atoms with van der Waals surface area (Å²) in [7, 11) is 2.09. The summed E-state index contributed by atoms with van der Waals surface area (Å²) in [5.41, 5.74) is 1.87. The Morgan fingerprint density at radius 3 is 2.50 bits per heavy atom. The third-order valence-corrected chi connectivity index (χ3v) is 4.29. The smallest absolute Gasteiger partial charge is 0.171 e. The zero-order valence-corrected chi connectivity index (χ0v) is 12.5. The van der Waals surface area contributed by atoms with Crippen LogP contribution in [0.2, 0.25) is 5.15 Å².